The first-order valence-electron chi connectivity index (χ1n) is 8.00. The molecular formula is C17H13F3N4O3S. The van der Waals surface area contributed by atoms with Gasteiger partial charge in [0.05, 0.1) is 17.1 Å². The van der Waals surface area contributed by atoms with Gasteiger partial charge in [0.25, 0.3) is 0 Å². The molecule has 146 valence electrons. The number of thiophene rings is 1. The van der Waals surface area contributed by atoms with Gasteiger partial charge in [0.15, 0.2) is 17.5 Å². The number of anilines is 1. The van der Waals surface area contributed by atoms with Gasteiger partial charge in [-0.3, -0.25) is 9.59 Å². The van der Waals surface area contributed by atoms with E-state index in [1.54, 1.807) is 0 Å². The van der Waals surface area contributed by atoms with Gasteiger partial charge in [0, 0.05) is 12.8 Å². The summed E-state index contributed by atoms with van der Waals surface area (Å²) >= 11 is 1.45. The Labute approximate surface area is 160 Å². The fourth-order valence-corrected chi connectivity index (χ4v) is 2.82. The van der Waals surface area contributed by atoms with E-state index in [0.29, 0.717) is 11.9 Å². The van der Waals surface area contributed by atoms with Gasteiger partial charge in [-0.15, -0.1) is 11.3 Å². The molecule has 0 fully saturated rings. The Balaban J connectivity index is 1.44. The zero-order valence-electron chi connectivity index (χ0n) is 14.2. The Morgan fingerprint density at radius 2 is 1.93 bits per heavy atom. The van der Waals surface area contributed by atoms with Crippen LogP contribution in [0.15, 0.2) is 34.2 Å². The number of amides is 2. The lowest BCUT2D eigenvalue weighted by Gasteiger charge is -2.08. The molecule has 2 heterocycles. The van der Waals surface area contributed by atoms with Gasteiger partial charge < -0.3 is 15.2 Å². The zero-order valence-corrected chi connectivity index (χ0v) is 15.0. The summed E-state index contributed by atoms with van der Waals surface area (Å²) in [7, 11) is 0. The van der Waals surface area contributed by atoms with Crippen LogP contribution in [0.25, 0.3) is 10.7 Å². The van der Waals surface area contributed by atoms with Crippen molar-refractivity contribution in [1.82, 2.24) is 15.5 Å². The summed E-state index contributed by atoms with van der Waals surface area (Å²) in [4.78, 5) is 28.5. The van der Waals surface area contributed by atoms with E-state index in [2.05, 4.69) is 20.8 Å². The van der Waals surface area contributed by atoms with E-state index >= 15 is 0 Å². The number of hydrogen-bond donors (Lipinski definition) is 2. The highest BCUT2D eigenvalue weighted by atomic mass is 32.1. The van der Waals surface area contributed by atoms with Crippen molar-refractivity contribution in [2.24, 2.45) is 0 Å². The highest BCUT2D eigenvalue weighted by molar-refractivity contribution is 7.13. The quantitative estimate of drug-likeness (QED) is 0.584. The van der Waals surface area contributed by atoms with Gasteiger partial charge >= 0.3 is 0 Å². The molecule has 3 rings (SSSR count). The van der Waals surface area contributed by atoms with Crippen LogP contribution in [0.2, 0.25) is 0 Å². The molecule has 28 heavy (non-hydrogen) atoms. The van der Waals surface area contributed by atoms with Crippen molar-refractivity contribution in [3.05, 3.63) is 53.0 Å². The molecule has 7 nitrogen and oxygen atoms in total. The maximum Gasteiger partial charge on any atom is 0.243 e. The number of carbonyl (C=O) groups excluding carboxylic acids is 2. The standard InChI is InChI=1S/C17H13F3N4O3S/c18-9-3-4-10(16(20)15(9)19)22-13(26)8-21-12(25)5-6-14-23-17(24-27-14)11-2-1-7-28-11/h1-4,7H,5-6,8H2,(H,21,25)(H,22,26). The molecule has 3 aromatic rings. The zero-order chi connectivity index (χ0) is 20.1. The Morgan fingerprint density at radius 1 is 1.11 bits per heavy atom. The predicted molar refractivity (Wildman–Crippen MR) is 93.9 cm³/mol. The van der Waals surface area contributed by atoms with Crippen LogP contribution in [-0.4, -0.2) is 28.5 Å². The van der Waals surface area contributed by atoms with E-state index in [1.165, 1.54) is 11.3 Å². The molecule has 0 unspecified atom stereocenters. The second-order valence-electron chi connectivity index (χ2n) is 5.54. The van der Waals surface area contributed by atoms with Crippen LogP contribution in [0.1, 0.15) is 12.3 Å². The first-order chi connectivity index (χ1) is 13.4. The minimum absolute atomic E-state index is 0.0150. The third kappa shape index (κ3) is 4.74. The summed E-state index contributed by atoms with van der Waals surface area (Å²) in [6.45, 7) is -0.471. The molecule has 11 heteroatoms. The molecule has 0 atom stereocenters. The van der Waals surface area contributed by atoms with Crippen molar-refractivity contribution in [3.63, 3.8) is 0 Å². The molecule has 2 amide bonds. The minimum atomic E-state index is -1.69. The second kappa shape index (κ2) is 8.65. The van der Waals surface area contributed by atoms with Gasteiger partial charge in [0.1, 0.15) is 0 Å². The van der Waals surface area contributed by atoms with E-state index < -0.39 is 41.5 Å². The number of nitrogens with zero attached hydrogens (tertiary/aromatic N) is 2. The number of aromatic nitrogens is 2. The molecule has 0 aliphatic rings. The van der Waals surface area contributed by atoms with E-state index in [1.807, 2.05) is 17.5 Å². The van der Waals surface area contributed by atoms with Crippen LogP contribution in [0, 0.1) is 17.5 Å². The predicted octanol–water partition coefficient (Wildman–Crippen LogP) is 2.90. The van der Waals surface area contributed by atoms with Gasteiger partial charge in [-0.25, -0.2) is 13.2 Å². The maximum atomic E-state index is 13.5. The molecular weight excluding hydrogens is 397 g/mol. The van der Waals surface area contributed by atoms with Gasteiger partial charge in [-0.1, -0.05) is 11.2 Å². The van der Waals surface area contributed by atoms with Crippen LogP contribution in [0.5, 0.6) is 0 Å². The number of aryl methyl sites for hydroxylation is 1. The number of hydrogen-bond acceptors (Lipinski definition) is 6. The molecule has 2 aromatic heterocycles. The number of nitrogens with one attached hydrogen (secondary N) is 2. The lowest BCUT2D eigenvalue weighted by Crippen LogP contribution is -2.33. The van der Waals surface area contributed by atoms with Crippen molar-refractivity contribution in [3.8, 4) is 10.7 Å². The minimum Gasteiger partial charge on any atom is -0.347 e. The first-order valence-corrected chi connectivity index (χ1v) is 8.88. The summed E-state index contributed by atoms with van der Waals surface area (Å²) in [6, 6.07) is 5.25. The lowest BCUT2D eigenvalue weighted by atomic mass is 10.2. The number of halogens is 3. The molecule has 2 N–H and O–H groups in total. The van der Waals surface area contributed by atoms with E-state index in [9.17, 15) is 22.8 Å². The SMILES string of the molecule is O=C(CCc1nc(-c2cccs2)no1)NCC(=O)Nc1ccc(F)c(F)c1F. The topological polar surface area (TPSA) is 97.1 Å². The Kier molecular flexibility index (Phi) is 6.04. The summed E-state index contributed by atoms with van der Waals surface area (Å²) in [5, 5.41) is 10.1. The Hall–Kier alpha value is -3.21. The lowest BCUT2D eigenvalue weighted by molar-refractivity contribution is -0.124. The molecule has 0 spiro atoms. The van der Waals surface area contributed by atoms with Crippen molar-refractivity contribution in [2.75, 3.05) is 11.9 Å². The summed E-state index contributed by atoms with van der Waals surface area (Å²) < 4.78 is 44.5. The average molecular weight is 410 g/mol. The van der Waals surface area contributed by atoms with Crippen LogP contribution in [-0.2, 0) is 16.0 Å². The average Bonchev–Trinajstić information content (AvgIpc) is 3.36. The van der Waals surface area contributed by atoms with E-state index in [4.69, 9.17) is 4.52 Å². The van der Waals surface area contributed by atoms with Crippen LogP contribution >= 0.6 is 11.3 Å². The van der Waals surface area contributed by atoms with Gasteiger partial charge in [0.2, 0.25) is 23.5 Å². The Morgan fingerprint density at radius 3 is 2.68 bits per heavy atom. The summed E-state index contributed by atoms with van der Waals surface area (Å²) in [5.74, 6) is -5.15. The van der Waals surface area contributed by atoms with Crippen LogP contribution in [0.3, 0.4) is 0 Å². The van der Waals surface area contributed by atoms with Crippen molar-refractivity contribution in [2.45, 2.75) is 12.8 Å². The monoisotopic (exact) mass is 410 g/mol. The van der Waals surface area contributed by atoms with Crippen molar-refractivity contribution >= 4 is 28.8 Å². The fourth-order valence-electron chi connectivity index (χ4n) is 2.17. The van der Waals surface area contributed by atoms with Gasteiger partial charge in [-0.2, -0.15) is 4.98 Å². The van der Waals surface area contributed by atoms with E-state index in [-0.39, 0.29) is 18.7 Å². The first kappa shape index (κ1) is 19.5. The molecule has 1 aromatic carbocycles. The molecule has 0 saturated heterocycles. The Bertz CT molecular complexity index is 992. The fraction of sp³-hybridized carbons (Fsp3) is 0.176. The molecule has 0 bridgehead atoms. The maximum absolute atomic E-state index is 13.5. The summed E-state index contributed by atoms with van der Waals surface area (Å²) in [6.07, 6.45) is 0.155. The summed E-state index contributed by atoms with van der Waals surface area (Å²) in [5.41, 5.74) is -0.523. The molecule has 0 aliphatic heterocycles. The van der Waals surface area contributed by atoms with Crippen LogP contribution in [0.4, 0.5) is 18.9 Å². The second-order valence-corrected chi connectivity index (χ2v) is 6.48. The van der Waals surface area contributed by atoms with E-state index in [0.717, 1.165) is 10.9 Å². The van der Waals surface area contributed by atoms with Crippen molar-refractivity contribution < 1.29 is 27.3 Å². The number of rotatable bonds is 7. The molecule has 0 aliphatic carbocycles. The van der Waals surface area contributed by atoms with Gasteiger partial charge in [-0.05, 0) is 23.6 Å². The van der Waals surface area contributed by atoms with Crippen molar-refractivity contribution in [1.29, 1.82) is 0 Å². The molecule has 0 radical (unpaired) electrons. The third-order valence-electron chi connectivity index (χ3n) is 3.53. The largest absolute Gasteiger partial charge is 0.347 e. The number of carbonyl (C=O) groups is 2. The molecule has 0 saturated carbocycles. The smallest absolute Gasteiger partial charge is 0.243 e. The third-order valence-corrected chi connectivity index (χ3v) is 4.40. The normalized spacial score (nSPS) is 10.7. The van der Waals surface area contributed by atoms with Crippen LogP contribution < -0.4 is 10.6 Å². The number of benzene rings is 1. The highest BCUT2D eigenvalue weighted by Gasteiger charge is 2.16. The highest BCUT2D eigenvalue weighted by Crippen LogP contribution is 2.21.